The lowest BCUT2D eigenvalue weighted by Gasteiger charge is -2.02. The van der Waals surface area contributed by atoms with Gasteiger partial charge in [0.1, 0.15) is 6.26 Å². The average molecular weight is 304 g/mol. The molecule has 0 spiro atoms. The van der Waals surface area contributed by atoms with Crippen LogP contribution in [0.15, 0.2) is 29.1 Å². The van der Waals surface area contributed by atoms with E-state index in [0.29, 0.717) is 16.9 Å². The van der Waals surface area contributed by atoms with Gasteiger partial charge in [-0.3, -0.25) is 9.59 Å². The molecule has 2 aromatic rings. The van der Waals surface area contributed by atoms with Gasteiger partial charge >= 0.3 is 6.18 Å². The molecule has 0 aliphatic rings. The van der Waals surface area contributed by atoms with Crippen LogP contribution in [-0.4, -0.2) is 23.0 Å². The first kappa shape index (κ1) is 14.3. The Labute approximate surface area is 114 Å². The zero-order valence-corrected chi connectivity index (χ0v) is 10.5. The third-order valence-electron chi connectivity index (χ3n) is 2.25. The summed E-state index contributed by atoms with van der Waals surface area (Å²) < 4.78 is 41.2. The van der Waals surface area contributed by atoms with E-state index in [0.717, 1.165) is 6.07 Å². The number of ketones is 1. The lowest BCUT2D eigenvalue weighted by Crippen LogP contribution is -2.22. The van der Waals surface area contributed by atoms with Crippen molar-refractivity contribution in [1.29, 1.82) is 0 Å². The molecule has 1 N–H and O–H groups in total. The second-order valence-electron chi connectivity index (χ2n) is 3.71. The molecule has 2 rings (SSSR count). The number of hydrogen-bond donors (Lipinski definition) is 1. The third kappa shape index (κ3) is 3.23. The zero-order valence-electron chi connectivity index (χ0n) is 9.73. The lowest BCUT2D eigenvalue weighted by atomic mass is 10.3. The number of amides is 1. The van der Waals surface area contributed by atoms with Gasteiger partial charge in [0.05, 0.1) is 16.0 Å². The van der Waals surface area contributed by atoms with Gasteiger partial charge in [0.25, 0.3) is 11.7 Å². The fraction of sp³-hybridized carbons (Fsp3) is 0.182. The van der Waals surface area contributed by atoms with Crippen molar-refractivity contribution < 1.29 is 27.3 Å². The van der Waals surface area contributed by atoms with Crippen molar-refractivity contribution in [1.82, 2.24) is 10.5 Å². The fourth-order valence-corrected chi connectivity index (χ4v) is 2.19. The van der Waals surface area contributed by atoms with Gasteiger partial charge in [-0.2, -0.15) is 13.2 Å². The Morgan fingerprint density at radius 2 is 2.00 bits per heavy atom. The van der Waals surface area contributed by atoms with Gasteiger partial charge in [-0.25, -0.2) is 0 Å². The molecule has 5 nitrogen and oxygen atoms in total. The summed E-state index contributed by atoms with van der Waals surface area (Å²) in [5.74, 6) is -2.53. The van der Waals surface area contributed by atoms with E-state index in [1.54, 1.807) is 0 Å². The summed E-state index contributed by atoms with van der Waals surface area (Å²) in [5, 5.41) is 5.91. The minimum absolute atomic E-state index is 0.0223. The van der Waals surface area contributed by atoms with E-state index in [1.807, 2.05) is 0 Å². The predicted molar refractivity (Wildman–Crippen MR) is 62.4 cm³/mol. The molecule has 0 saturated heterocycles. The molecular formula is C11H7F3N2O3S. The summed E-state index contributed by atoms with van der Waals surface area (Å²) in [4.78, 5) is 22.2. The minimum atomic E-state index is -4.94. The quantitative estimate of drug-likeness (QED) is 0.880. The van der Waals surface area contributed by atoms with Crippen LogP contribution in [0.4, 0.5) is 13.2 Å². The first-order valence-electron chi connectivity index (χ1n) is 5.26. The van der Waals surface area contributed by atoms with E-state index in [2.05, 4.69) is 15.0 Å². The number of nitrogens with zero attached hydrogens (tertiary/aromatic N) is 1. The highest BCUT2D eigenvalue weighted by Crippen LogP contribution is 2.26. The van der Waals surface area contributed by atoms with E-state index < -0.39 is 22.7 Å². The summed E-state index contributed by atoms with van der Waals surface area (Å²) in [5.41, 5.74) is 0.612. The highest BCUT2D eigenvalue weighted by atomic mass is 32.1. The largest absolute Gasteiger partial charge is 0.455 e. The SMILES string of the molecule is O=C(NCc1cnoc1)c1ccc(C(=O)C(F)(F)F)s1. The highest BCUT2D eigenvalue weighted by Gasteiger charge is 2.40. The first-order valence-corrected chi connectivity index (χ1v) is 6.07. The fourth-order valence-electron chi connectivity index (χ4n) is 1.31. The van der Waals surface area contributed by atoms with Crippen LogP contribution >= 0.6 is 11.3 Å². The van der Waals surface area contributed by atoms with Crippen LogP contribution in [0, 0.1) is 0 Å². The second-order valence-corrected chi connectivity index (χ2v) is 4.79. The van der Waals surface area contributed by atoms with Gasteiger partial charge in [-0.05, 0) is 12.1 Å². The molecule has 0 unspecified atom stereocenters. The van der Waals surface area contributed by atoms with Gasteiger partial charge in [0.15, 0.2) is 0 Å². The van der Waals surface area contributed by atoms with Crippen molar-refractivity contribution in [3.8, 4) is 0 Å². The Morgan fingerprint density at radius 1 is 1.30 bits per heavy atom. The number of nitrogens with one attached hydrogen (secondary N) is 1. The Morgan fingerprint density at radius 3 is 2.60 bits per heavy atom. The standard InChI is InChI=1S/C11H7F3N2O3S/c12-11(13,14)9(17)7-1-2-8(20-7)10(18)15-3-6-4-16-19-5-6/h1-2,4-5H,3H2,(H,15,18). The molecule has 0 aliphatic carbocycles. The van der Waals surface area contributed by atoms with E-state index in [9.17, 15) is 22.8 Å². The number of hydrogen-bond acceptors (Lipinski definition) is 5. The maximum absolute atomic E-state index is 12.2. The number of Topliss-reactive ketones (excluding diaryl/α,β-unsaturated/α-hetero) is 1. The predicted octanol–water partition coefficient (Wildman–Crippen LogP) is 2.41. The lowest BCUT2D eigenvalue weighted by molar-refractivity contribution is -0.0882. The summed E-state index contributed by atoms with van der Waals surface area (Å²) in [6, 6.07) is 2.15. The van der Waals surface area contributed by atoms with E-state index in [1.165, 1.54) is 18.5 Å². The first-order chi connectivity index (χ1) is 9.38. The number of halogens is 3. The van der Waals surface area contributed by atoms with Gasteiger partial charge < -0.3 is 9.84 Å². The Kier molecular flexibility index (Phi) is 3.89. The zero-order chi connectivity index (χ0) is 14.8. The van der Waals surface area contributed by atoms with E-state index in [4.69, 9.17) is 0 Å². The van der Waals surface area contributed by atoms with Crippen molar-refractivity contribution in [2.45, 2.75) is 12.7 Å². The van der Waals surface area contributed by atoms with Crippen molar-refractivity contribution >= 4 is 23.0 Å². The molecule has 0 aromatic carbocycles. The van der Waals surface area contributed by atoms with Crippen LogP contribution in [0.25, 0.3) is 0 Å². The second kappa shape index (κ2) is 5.45. The Balaban J connectivity index is 2.01. The smallest absolute Gasteiger partial charge is 0.364 e. The van der Waals surface area contributed by atoms with Gasteiger partial charge in [-0.1, -0.05) is 5.16 Å². The number of carbonyl (C=O) groups is 2. The molecule has 1 amide bonds. The monoisotopic (exact) mass is 304 g/mol. The third-order valence-corrected chi connectivity index (χ3v) is 3.33. The topological polar surface area (TPSA) is 72.2 Å². The van der Waals surface area contributed by atoms with E-state index in [-0.39, 0.29) is 11.4 Å². The van der Waals surface area contributed by atoms with E-state index >= 15 is 0 Å². The van der Waals surface area contributed by atoms with Crippen LogP contribution in [0.3, 0.4) is 0 Å². The Hall–Kier alpha value is -2.16. The maximum atomic E-state index is 12.2. The van der Waals surface area contributed by atoms with Crippen LogP contribution in [0.5, 0.6) is 0 Å². The molecule has 2 heterocycles. The van der Waals surface area contributed by atoms with Crippen LogP contribution in [0.2, 0.25) is 0 Å². The number of rotatable bonds is 4. The normalized spacial score (nSPS) is 11.3. The molecule has 0 aliphatic heterocycles. The molecule has 0 fully saturated rings. The maximum Gasteiger partial charge on any atom is 0.455 e. The van der Waals surface area contributed by atoms with Crippen LogP contribution in [-0.2, 0) is 6.54 Å². The highest BCUT2D eigenvalue weighted by molar-refractivity contribution is 7.16. The summed E-state index contributed by atoms with van der Waals surface area (Å²) in [6.45, 7) is 0.128. The molecule has 20 heavy (non-hydrogen) atoms. The molecule has 9 heteroatoms. The molecular weight excluding hydrogens is 297 g/mol. The van der Waals surface area contributed by atoms with Gasteiger partial charge in [0, 0.05) is 12.1 Å². The summed E-state index contributed by atoms with van der Waals surface area (Å²) in [7, 11) is 0. The average Bonchev–Trinajstić information content (AvgIpc) is 3.05. The Bertz CT molecular complexity index is 619. The van der Waals surface area contributed by atoms with Crippen molar-refractivity contribution in [2.24, 2.45) is 0 Å². The van der Waals surface area contributed by atoms with Crippen LogP contribution in [0.1, 0.15) is 24.9 Å². The molecule has 0 saturated carbocycles. The van der Waals surface area contributed by atoms with Crippen molar-refractivity contribution in [3.63, 3.8) is 0 Å². The summed E-state index contributed by atoms with van der Waals surface area (Å²) >= 11 is 0.493. The number of alkyl halides is 3. The number of thiophene rings is 1. The van der Waals surface area contributed by atoms with Gasteiger partial charge in [0.2, 0.25) is 0 Å². The molecule has 0 bridgehead atoms. The van der Waals surface area contributed by atoms with Crippen molar-refractivity contribution in [2.75, 3.05) is 0 Å². The van der Waals surface area contributed by atoms with Gasteiger partial charge in [-0.15, -0.1) is 11.3 Å². The molecule has 106 valence electrons. The summed E-state index contributed by atoms with van der Waals surface area (Å²) in [6.07, 6.45) is -2.22. The molecule has 2 aromatic heterocycles. The van der Waals surface area contributed by atoms with Crippen LogP contribution < -0.4 is 5.32 Å². The molecule has 0 atom stereocenters. The number of carbonyl (C=O) groups excluding carboxylic acids is 2. The number of aromatic nitrogens is 1. The molecule has 0 radical (unpaired) electrons. The minimum Gasteiger partial charge on any atom is -0.364 e. The van der Waals surface area contributed by atoms with Crippen molar-refractivity contribution in [3.05, 3.63) is 39.9 Å².